The zero-order valence-corrected chi connectivity index (χ0v) is 12.0. The molecule has 0 atom stereocenters. The summed E-state index contributed by atoms with van der Waals surface area (Å²) in [5.41, 5.74) is 4.26. The molecule has 0 spiro atoms. The van der Waals surface area contributed by atoms with Gasteiger partial charge in [-0.15, -0.1) is 0 Å². The van der Waals surface area contributed by atoms with Crippen molar-refractivity contribution in [2.75, 3.05) is 6.61 Å². The number of hydrogen-bond acceptors (Lipinski definition) is 3. The van der Waals surface area contributed by atoms with Crippen molar-refractivity contribution in [2.45, 2.75) is 57.8 Å². The van der Waals surface area contributed by atoms with E-state index in [2.05, 4.69) is 13.8 Å². The molecule has 1 heterocycles. The number of pyridine rings is 1. The number of carbonyl (C=O) groups excluding carboxylic acids is 1. The number of aryl methyl sites for hydroxylation is 1. The molecule has 3 heteroatoms. The Bertz CT molecular complexity index is 530. The van der Waals surface area contributed by atoms with Gasteiger partial charge >= 0.3 is 5.97 Å². The fourth-order valence-electron chi connectivity index (χ4n) is 2.95. The molecule has 3 rings (SSSR count). The molecule has 0 radical (unpaired) electrons. The molecule has 0 aromatic carbocycles. The van der Waals surface area contributed by atoms with Gasteiger partial charge in [-0.3, -0.25) is 4.98 Å². The Hall–Kier alpha value is -1.38. The lowest BCUT2D eigenvalue weighted by Crippen LogP contribution is -2.17. The second-order valence-corrected chi connectivity index (χ2v) is 6.31. The van der Waals surface area contributed by atoms with Crippen molar-refractivity contribution in [2.24, 2.45) is 0 Å². The summed E-state index contributed by atoms with van der Waals surface area (Å²) in [6.45, 7) is 6.75. The second-order valence-electron chi connectivity index (χ2n) is 6.31. The minimum absolute atomic E-state index is 0.145. The van der Waals surface area contributed by atoms with Gasteiger partial charge in [0.15, 0.2) is 0 Å². The first kappa shape index (κ1) is 12.6. The maximum absolute atomic E-state index is 12.1. The Labute approximate surface area is 114 Å². The predicted molar refractivity (Wildman–Crippen MR) is 73.5 cm³/mol. The second kappa shape index (κ2) is 4.32. The van der Waals surface area contributed by atoms with Crippen molar-refractivity contribution in [3.8, 4) is 0 Å². The molecule has 1 saturated carbocycles. The number of ether oxygens (including phenoxy) is 1. The number of aromatic nitrogens is 1. The van der Waals surface area contributed by atoms with Crippen molar-refractivity contribution in [3.05, 3.63) is 28.6 Å². The van der Waals surface area contributed by atoms with Crippen molar-refractivity contribution in [3.63, 3.8) is 0 Å². The van der Waals surface area contributed by atoms with Crippen molar-refractivity contribution in [1.82, 2.24) is 4.98 Å². The quantitative estimate of drug-likeness (QED) is 0.781. The predicted octanol–water partition coefficient (Wildman–Crippen LogP) is 3.36. The molecule has 0 aliphatic heterocycles. The summed E-state index contributed by atoms with van der Waals surface area (Å²) >= 11 is 0. The first-order chi connectivity index (χ1) is 9.03. The minimum Gasteiger partial charge on any atom is -0.462 e. The Kier molecular flexibility index (Phi) is 2.88. The van der Waals surface area contributed by atoms with Gasteiger partial charge in [0.25, 0.3) is 0 Å². The number of rotatable bonds is 3. The largest absolute Gasteiger partial charge is 0.462 e. The van der Waals surface area contributed by atoms with E-state index in [0.29, 0.717) is 18.1 Å². The van der Waals surface area contributed by atoms with Crippen LogP contribution in [0, 0.1) is 0 Å². The van der Waals surface area contributed by atoms with Crippen molar-refractivity contribution >= 4 is 5.97 Å². The lowest BCUT2D eigenvalue weighted by Gasteiger charge is -2.19. The fourth-order valence-corrected chi connectivity index (χ4v) is 2.95. The summed E-state index contributed by atoms with van der Waals surface area (Å²) in [4.78, 5) is 17.0. The molecular formula is C16H21NO2. The van der Waals surface area contributed by atoms with Gasteiger partial charge in [-0.1, -0.05) is 13.8 Å². The summed E-state index contributed by atoms with van der Waals surface area (Å²) in [6.07, 6.45) is 4.44. The summed E-state index contributed by atoms with van der Waals surface area (Å²) in [5, 5.41) is 0. The highest BCUT2D eigenvalue weighted by atomic mass is 16.5. The third-order valence-electron chi connectivity index (χ3n) is 4.25. The maximum atomic E-state index is 12.1. The van der Waals surface area contributed by atoms with Gasteiger partial charge in [0, 0.05) is 17.0 Å². The molecule has 0 unspecified atom stereocenters. The molecule has 2 aliphatic carbocycles. The molecule has 0 amide bonds. The molecular weight excluding hydrogens is 238 g/mol. The zero-order chi connectivity index (χ0) is 13.6. The van der Waals surface area contributed by atoms with Crippen molar-refractivity contribution < 1.29 is 9.53 Å². The highest BCUT2D eigenvalue weighted by molar-refractivity contribution is 5.91. The summed E-state index contributed by atoms with van der Waals surface area (Å²) < 4.78 is 5.18. The minimum atomic E-state index is -0.204. The Morgan fingerprint density at radius 1 is 1.47 bits per heavy atom. The zero-order valence-electron chi connectivity index (χ0n) is 12.0. The lowest BCUT2D eigenvalue weighted by molar-refractivity contribution is 0.0524. The first-order valence-electron chi connectivity index (χ1n) is 7.24. The van der Waals surface area contributed by atoms with Crippen LogP contribution in [0.25, 0.3) is 0 Å². The van der Waals surface area contributed by atoms with E-state index in [4.69, 9.17) is 9.72 Å². The highest BCUT2D eigenvalue weighted by Crippen LogP contribution is 2.44. The van der Waals surface area contributed by atoms with E-state index in [1.54, 1.807) is 0 Å². The molecule has 19 heavy (non-hydrogen) atoms. The van der Waals surface area contributed by atoms with Crippen LogP contribution in [0.2, 0.25) is 0 Å². The monoisotopic (exact) mass is 259 g/mol. The molecule has 3 nitrogen and oxygen atoms in total. The molecule has 1 aromatic rings. The van der Waals surface area contributed by atoms with Gasteiger partial charge in [0.1, 0.15) is 0 Å². The Morgan fingerprint density at radius 3 is 2.84 bits per heavy atom. The molecule has 0 bridgehead atoms. The van der Waals surface area contributed by atoms with Crippen LogP contribution in [-0.2, 0) is 16.6 Å². The molecule has 2 aliphatic rings. The summed E-state index contributed by atoms with van der Waals surface area (Å²) in [6, 6.07) is 2.04. The van der Waals surface area contributed by atoms with Gasteiger partial charge in [0.05, 0.1) is 17.9 Å². The van der Waals surface area contributed by atoms with Crippen LogP contribution in [-0.4, -0.2) is 17.6 Å². The van der Waals surface area contributed by atoms with E-state index in [0.717, 1.165) is 31.4 Å². The molecule has 102 valence electrons. The van der Waals surface area contributed by atoms with E-state index in [1.807, 2.05) is 13.0 Å². The van der Waals surface area contributed by atoms with E-state index in [9.17, 15) is 4.79 Å². The number of carbonyl (C=O) groups is 1. The topological polar surface area (TPSA) is 39.2 Å². The standard InChI is InChI=1S/C16H21NO2/c1-4-19-15(18)12-9-11-7-8-16(2,3)14(11)17-13(12)10-5-6-10/h9-10H,4-8H2,1-3H3. The lowest BCUT2D eigenvalue weighted by atomic mass is 9.90. The maximum Gasteiger partial charge on any atom is 0.339 e. The van der Waals surface area contributed by atoms with Crippen LogP contribution in [0.3, 0.4) is 0 Å². The number of nitrogens with zero attached hydrogens (tertiary/aromatic N) is 1. The molecule has 1 fully saturated rings. The van der Waals surface area contributed by atoms with Crippen molar-refractivity contribution in [1.29, 1.82) is 0 Å². The Morgan fingerprint density at radius 2 is 2.21 bits per heavy atom. The average Bonchev–Trinajstić information content (AvgIpc) is 3.16. The smallest absolute Gasteiger partial charge is 0.339 e. The van der Waals surface area contributed by atoms with Gasteiger partial charge in [-0.2, -0.15) is 0 Å². The molecule has 1 aromatic heterocycles. The summed E-state index contributed by atoms with van der Waals surface area (Å²) in [5.74, 6) is 0.269. The van der Waals surface area contributed by atoms with Gasteiger partial charge in [0.2, 0.25) is 0 Å². The van der Waals surface area contributed by atoms with Gasteiger partial charge < -0.3 is 4.74 Å². The molecule has 0 saturated heterocycles. The van der Waals surface area contributed by atoms with E-state index >= 15 is 0 Å². The highest BCUT2D eigenvalue weighted by Gasteiger charge is 2.37. The van der Waals surface area contributed by atoms with E-state index in [-0.39, 0.29) is 11.4 Å². The van der Waals surface area contributed by atoms with E-state index < -0.39 is 0 Å². The third kappa shape index (κ3) is 2.15. The average molecular weight is 259 g/mol. The van der Waals surface area contributed by atoms with Crippen LogP contribution >= 0.6 is 0 Å². The fraction of sp³-hybridized carbons (Fsp3) is 0.625. The van der Waals surface area contributed by atoms with E-state index in [1.165, 1.54) is 11.3 Å². The summed E-state index contributed by atoms with van der Waals surface area (Å²) in [7, 11) is 0. The third-order valence-corrected chi connectivity index (χ3v) is 4.25. The van der Waals surface area contributed by atoms with Gasteiger partial charge in [-0.25, -0.2) is 4.79 Å². The van der Waals surface area contributed by atoms with Crippen LogP contribution in [0.1, 0.15) is 73.3 Å². The normalized spacial score (nSPS) is 20.2. The number of fused-ring (bicyclic) bond motifs is 1. The number of esters is 1. The first-order valence-corrected chi connectivity index (χ1v) is 7.24. The number of hydrogen-bond donors (Lipinski definition) is 0. The Balaban J connectivity index is 2.07. The van der Waals surface area contributed by atoms with Gasteiger partial charge in [-0.05, 0) is 44.2 Å². The SMILES string of the molecule is CCOC(=O)c1cc2c(nc1C1CC1)C(C)(C)CC2. The van der Waals surface area contributed by atoms with Crippen LogP contribution in [0.4, 0.5) is 0 Å². The molecule has 0 N–H and O–H groups in total. The van der Waals surface area contributed by atoms with Crippen LogP contribution in [0.15, 0.2) is 6.07 Å². The van der Waals surface area contributed by atoms with Crippen LogP contribution in [0.5, 0.6) is 0 Å². The van der Waals surface area contributed by atoms with Crippen LogP contribution < -0.4 is 0 Å².